The first-order valence-electron chi connectivity index (χ1n) is 5.56. The first kappa shape index (κ1) is 20.3. The molecule has 0 spiro atoms. The van der Waals surface area contributed by atoms with Crippen molar-refractivity contribution in [2.75, 3.05) is 6.67 Å². The lowest BCUT2D eigenvalue weighted by Crippen LogP contribution is -2.48. The second kappa shape index (κ2) is 8.64. The van der Waals surface area contributed by atoms with Crippen molar-refractivity contribution in [2.45, 2.75) is 55.7 Å². The van der Waals surface area contributed by atoms with Crippen LogP contribution in [0.25, 0.3) is 0 Å². The van der Waals surface area contributed by atoms with Crippen molar-refractivity contribution >= 4 is 0 Å². The second-order valence-corrected chi connectivity index (χ2v) is 4.15. The summed E-state index contributed by atoms with van der Waals surface area (Å²) in [6, 6.07) is 0. The number of hydrogen-bond donors (Lipinski definition) is 1. The summed E-state index contributed by atoms with van der Waals surface area (Å²) in [5, 5.41) is 7.97. The van der Waals surface area contributed by atoms with Crippen molar-refractivity contribution in [3.05, 3.63) is 0 Å². The molecule has 0 heterocycles. The highest BCUT2D eigenvalue weighted by Crippen LogP contribution is 2.28. The molecule has 0 rings (SSSR count). The molecule has 0 fully saturated rings. The van der Waals surface area contributed by atoms with Gasteiger partial charge in [-0.25, -0.2) is 43.9 Å². The summed E-state index contributed by atoms with van der Waals surface area (Å²) in [7, 11) is 0. The molecule has 0 aromatic heterocycles. The molecule has 0 bridgehead atoms. The summed E-state index contributed by atoms with van der Waals surface area (Å²) in [6.07, 6.45) is -32.6. The Balaban J connectivity index is 4.79. The molecule has 1 nitrogen and oxygen atoms in total. The molecule has 0 aromatic rings. The Morgan fingerprint density at radius 1 is 0.524 bits per heavy atom. The second-order valence-electron chi connectivity index (χ2n) is 4.15. The lowest BCUT2D eigenvalue weighted by molar-refractivity contribution is -0.0950. The van der Waals surface area contributed by atoms with Gasteiger partial charge in [-0.15, -0.1) is 0 Å². The van der Waals surface area contributed by atoms with Crippen LogP contribution >= 0.6 is 0 Å². The third-order valence-electron chi connectivity index (χ3n) is 2.58. The predicted molar refractivity (Wildman–Crippen MR) is 52.3 cm³/mol. The molecule has 0 saturated heterocycles. The number of hydrogen-bond acceptors (Lipinski definition) is 1. The van der Waals surface area contributed by atoms with E-state index >= 15 is 0 Å². The molecule has 0 aliphatic heterocycles. The van der Waals surface area contributed by atoms with E-state index in [1.54, 1.807) is 0 Å². The van der Waals surface area contributed by atoms with Gasteiger partial charge in [0.25, 0.3) is 0 Å². The van der Waals surface area contributed by atoms with Gasteiger partial charge in [0.15, 0.2) is 49.4 Å². The van der Waals surface area contributed by atoms with Gasteiger partial charge in [0.1, 0.15) is 6.67 Å². The maximum Gasteiger partial charge on any atom is 0.231 e. The maximum atomic E-state index is 13.1. The summed E-state index contributed by atoms with van der Waals surface area (Å²) in [6.45, 7) is -2.07. The van der Waals surface area contributed by atoms with E-state index in [1.807, 2.05) is 0 Å². The van der Waals surface area contributed by atoms with Gasteiger partial charge in [-0.2, -0.15) is 0 Å². The fourth-order valence-electron chi connectivity index (χ4n) is 1.31. The van der Waals surface area contributed by atoms with E-state index < -0.39 is 62.4 Å². The van der Waals surface area contributed by atoms with Gasteiger partial charge in [0, 0.05) is 0 Å². The Kier molecular flexibility index (Phi) is 8.34. The molecule has 0 aliphatic carbocycles. The molecular formula is C10H12F10O. The molecule has 0 aromatic carbocycles. The highest BCUT2D eigenvalue weighted by molar-refractivity contribution is 4.93. The van der Waals surface area contributed by atoms with Crippen LogP contribution in [0.1, 0.15) is 0 Å². The molecule has 21 heavy (non-hydrogen) atoms. The largest absolute Gasteiger partial charge is 0.362 e. The van der Waals surface area contributed by atoms with Crippen molar-refractivity contribution in [2.24, 2.45) is 0 Å². The number of halogens is 10. The first-order valence-corrected chi connectivity index (χ1v) is 5.56. The van der Waals surface area contributed by atoms with Gasteiger partial charge < -0.3 is 5.11 Å². The normalized spacial score (nSPS) is 25.3. The van der Waals surface area contributed by atoms with Crippen LogP contribution in [0.5, 0.6) is 0 Å². The number of aliphatic hydroxyl groups excluding tert-OH is 1. The van der Waals surface area contributed by atoms with Gasteiger partial charge in [-0.1, -0.05) is 0 Å². The fraction of sp³-hybridized carbons (Fsp3) is 1.00. The topological polar surface area (TPSA) is 20.2 Å². The van der Waals surface area contributed by atoms with E-state index in [4.69, 9.17) is 5.11 Å². The van der Waals surface area contributed by atoms with Crippen LogP contribution in [0.3, 0.4) is 0 Å². The minimum atomic E-state index is -3.82. The molecule has 0 amide bonds. The molecular weight excluding hydrogens is 326 g/mol. The van der Waals surface area contributed by atoms with Crippen LogP contribution < -0.4 is 0 Å². The van der Waals surface area contributed by atoms with E-state index in [1.165, 1.54) is 0 Å². The number of alkyl halides is 10. The van der Waals surface area contributed by atoms with Crippen LogP contribution in [-0.2, 0) is 0 Å². The van der Waals surface area contributed by atoms with E-state index in [0.717, 1.165) is 0 Å². The zero-order valence-corrected chi connectivity index (χ0v) is 10.1. The highest BCUT2D eigenvalue weighted by atomic mass is 19.2. The zero-order chi connectivity index (χ0) is 16.9. The highest BCUT2D eigenvalue weighted by Gasteiger charge is 2.48. The lowest BCUT2D eigenvalue weighted by Gasteiger charge is -2.26. The van der Waals surface area contributed by atoms with Gasteiger partial charge in [0.2, 0.25) is 6.36 Å². The van der Waals surface area contributed by atoms with Crippen molar-refractivity contribution in [1.82, 2.24) is 0 Å². The van der Waals surface area contributed by atoms with Crippen molar-refractivity contribution in [1.29, 1.82) is 0 Å². The first-order chi connectivity index (χ1) is 9.56. The van der Waals surface area contributed by atoms with E-state index in [2.05, 4.69) is 0 Å². The molecule has 9 unspecified atom stereocenters. The Labute approximate surface area is 112 Å². The monoisotopic (exact) mass is 338 g/mol. The molecule has 0 saturated carbocycles. The maximum absolute atomic E-state index is 13.1. The predicted octanol–water partition coefficient (Wildman–Crippen LogP) is 2.95. The summed E-state index contributed by atoms with van der Waals surface area (Å²) < 4.78 is 126. The van der Waals surface area contributed by atoms with Crippen LogP contribution in [0.2, 0.25) is 0 Å². The third kappa shape index (κ3) is 5.19. The molecule has 9 atom stereocenters. The van der Waals surface area contributed by atoms with Crippen LogP contribution in [0.15, 0.2) is 0 Å². The van der Waals surface area contributed by atoms with Crippen LogP contribution in [0, 0.1) is 0 Å². The Morgan fingerprint density at radius 3 is 1.10 bits per heavy atom. The van der Waals surface area contributed by atoms with Gasteiger partial charge in [-0.3, -0.25) is 0 Å². The minimum absolute atomic E-state index is 2.07. The molecule has 0 radical (unpaired) electrons. The van der Waals surface area contributed by atoms with E-state index in [-0.39, 0.29) is 0 Å². The van der Waals surface area contributed by atoms with Crippen LogP contribution in [-0.4, -0.2) is 67.5 Å². The average molecular weight is 338 g/mol. The summed E-state index contributed by atoms with van der Waals surface area (Å²) >= 11 is 0. The standard InChI is InChI=1S/C10H12F10O/c11-1-2(12)3(13)4(14)5(15)6(16)7(17)8(18)9(19)10(20)21/h2-10,21H,1H2. The summed E-state index contributed by atoms with van der Waals surface area (Å²) in [5.74, 6) is 0. The number of aliphatic hydroxyl groups is 1. The van der Waals surface area contributed by atoms with Gasteiger partial charge in [0.05, 0.1) is 0 Å². The molecule has 1 N–H and O–H groups in total. The molecule has 128 valence electrons. The summed E-state index contributed by atoms with van der Waals surface area (Å²) in [4.78, 5) is 0. The lowest BCUT2D eigenvalue weighted by atomic mass is 9.98. The van der Waals surface area contributed by atoms with E-state index in [9.17, 15) is 43.9 Å². The van der Waals surface area contributed by atoms with Crippen molar-refractivity contribution < 1.29 is 49.0 Å². The van der Waals surface area contributed by atoms with Gasteiger partial charge >= 0.3 is 0 Å². The smallest absolute Gasteiger partial charge is 0.231 e. The third-order valence-corrected chi connectivity index (χ3v) is 2.58. The minimum Gasteiger partial charge on any atom is -0.362 e. The quantitative estimate of drug-likeness (QED) is 0.641. The Hall–Kier alpha value is -0.740. The van der Waals surface area contributed by atoms with Gasteiger partial charge in [-0.05, 0) is 0 Å². The summed E-state index contributed by atoms with van der Waals surface area (Å²) in [5.41, 5.74) is 0. The molecule has 11 heteroatoms. The van der Waals surface area contributed by atoms with Crippen molar-refractivity contribution in [3.8, 4) is 0 Å². The average Bonchev–Trinajstić information content (AvgIpc) is 2.48. The molecule has 0 aliphatic rings. The number of rotatable bonds is 9. The Morgan fingerprint density at radius 2 is 0.810 bits per heavy atom. The fourth-order valence-corrected chi connectivity index (χ4v) is 1.31. The van der Waals surface area contributed by atoms with E-state index in [0.29, 0.717) is 0 Å². The van der Waals surface area contributed by atoms with Crippen LogP contribution in [0.4, 0.5) is 43.9 Å². The SMILES string of the molecule is OC(F)C(F)C(F)C(F)C(F)C(F)C(F)C(F)C(F)CF. The van der Waals surface area contributed by atoms with Crippen molar-refractivity contribution in [3.63, 3.8) is 0 Å². The zero-order valence-electron chi connectivity index (χ0n) is 10.1. The Bertz CT molecular complexity index is 293.